The van der Waals surface area contributed by atoms with Crippen LogP contribution in [0.15, 0.2) is 0 Å². The standard InChI is InChI=1S/C8H17.H3N/c1-5-7-8(3,4)6-2;/h2,5-7H2,1,3-4H3;1H3. The van der Waals surface area contributed by atoms with Crippen LogP contribution in [-0.4, -0.2) is 0 Å². The molecule has 57 valence electrons. The van der Waals surface area contributed by atoms with Crippen molar-refractivity contribution in [3.8, 4) is 0 Å². The van der Waals surface area contributed by atoms with E-state index in [9.17, 15) is 0 Å². The van der Waals surface area contributed by atoms with E-state index in [4.69, 9.17) is 0 Å². The van der Waals surface area contributed by atoms with Gasteiger partial charge in [0, 0.05) is 0 Å². The minimum atomic E-state index is 0. The molecule has 0 unspecified atom stereocenters. The molecule has 0 spiro atoms. The first-order valence-corrected chi connectivity index (χ1v) is 3.41. The van der Waals surface area contributed by atoms with Crippen molar-refractivity contribution in [2.45, 2.75) is 40.0 Å². The summed E-state index contributed by atoms with van der Waals surface area (Å²) in [4.78, 5) is 0. The smallest absolute Gasteiger partial charge is 0.0354 e. The average Bonchev–Trinajstić information content (AvgIpc) is 1.67. The third-order valence-corrected chi connectivity index (χ3v) is 1.60. The van der Waals surface area contributed by atoms with Gasteiger partial charge >= 0.3 is 0 Å². The molecule has 1 heteroatoms. The zero-order valence-electron chi connectivity index (χ0n) is 7.04. The van der Waals surface area contributed by atoms with Gasteiger partial charge in [0.05, 0.1) is 0 Å². The first-order valence-electron chi connectivity index (χ1n) is 3.41. The van der Waals surface area contributed by atoms with Crippen molar-refractivity contribution in [3.63, 3.8) is 0 Å². The lowest BCUT2D eigenvalue weighted by Crippen LogP contribution is -2.07. The van der Waals surface area contributed by atoms with E-state index in [0.717, 1.165) is 6.42 Å². The molecular weight excluding hydrogens is 110 g/mol. The van der Waals surface area contributed by atoms with Gasteiger partial charge in [-0.25, -0.2) is 0 Å². The molecule has 0 rings (SSSR count). The summed E-state index contributed by atoms with van der Waals surface area (Å²) < 4.78 is 0. The summed E-state index contributed by atoms with van der Waals surface area (Å²) in [5.74, 6) is 0. The first kappa shape index (κ1) is 11.7. The van der Waals surface area contributed by atoms with Gasteiger partial charge in [0.25, 0.3) is 0 Å². The van der Waals surface area contributed by atoms with Gasteiger partial charge in [-0.15, -0.1) is 0 Å². The molecule has 1 radical (unpaired) electrons. The first-order chi connectivity index (χ1) is 3.62. The van der Waals surface area contributed by atoms with Gasteiger partial charge in [-0.05, 0) is 18.3 Å². The Hall–Kier alpha value is -0.0400. The van der Waals surface area contributed by atoms with E-state index in [-0.39, 0.29) is 6.15 Å². The average molecular weight is 130 g/mol. The maximum Gasteiger partial charge on any atom is -0.0354 e. The van der Waals surface area contributed by atoms with E-state index < -0.39 is 0 Å². The molecular formula is C8H20N. The zero-order chi connectivity index (χ0) is 6.62. The molecule has 0 aliphatic heterocycles. The maximum atomic E-state index is 3.88. The van der Waals surface area contributed by atoms with Crippen molar-refractivity contribution in [3.05, 3.63) is 6.92 Å². The van der Waals surface area contributed by atoms with Gasteiger partial charge < -0.3 is 6.15 Å². The Labute approximate surface area is 59.4 Å². The Morgan fingerprint density at radius 3 is 1.89 bits per heavy atom. The van der Waals surface area contributed by atoms with Crippen LogP contribution in [-0.2, 0) is 0 Å². The molecule has 0 atom stereocenters. The van der Waals surface area contributed by atoms with E-state index in [1.807, 2.05) is 0 Å². The Morgan fingerprint density at radius 2 is 1.78 bits per heavy atom. The molecule has 1 nitrogen and oxygen atoms in total. The summed E-state index contributed by atoms with van der Waals surface area (Å²) in [7, 11) is 0. The predicted molar refractivity (Wildman–Crippen MR) is 43.7 cm³/mol. The Morgan fingerprint density at radius 1 is 1.33 bits per heavy atom. The minimum absolute atomic E-state index is 0. The summed E-state index contributed by atoms with van der Waals surface area (Å²) in [6.07, 6.45) is 3.64. The zero-order valence-corrected chi connectivity index (χ0v) is 7.04. The Balaban J connectivity index is 0. The van der Waals surface area contributed by atoms with E-state index in [0.29, 0.717) is 5.41 Å². The molecule has 3 N–H and O–H groups in total. The van der Waals surface area contributed by atoms with E-state index >= 15 is 0 Å². The third-order valence-electron chi connectivity index (χ3n) is 1.60. The molecule has 0 saturated heterocycles. The van der Waals surface area contributed by atoms with Crippen molar-refractivity contribution in [1.82, 2.24) is 6.15 Å². The van der Waals surface area contributed by atoms with Crippen LogP contribution in [0, 0.1) is 12.3 Å². The maximum absolute atomic E-state index is 3.88. The van der Waals surface area contributed by atoms with Crippen LogP contribution >= 0.6 is 0 Å². The summed E-state index contributed by atoms with van der Waals surface area (Å²) in [5.41, 5.74) is 0.481. The van der Waals surface area contributed by atoms with Gasteiger partial charge in [0.1, 0.15) is 0 Å². The normalized spacial score (nSPS) is 10.7. The second-order valence-corrected chi connectivity index (χ2v) is 3.16. The predicted octanol–water partition coefficient (Wildman–Crippen LogP) is 3.20. The number of hydrogen-bond acceptors (Lipinski definition) is 1. The van der Waals surface area contributed by atoms with Gasteiger partial charge in [0.2, 0.25) is 0 Å². The highest BCUT2D eigenvalue weighted by atomic mass is 14.2. The van der Waals surface area contributed by atoms with Crippen molar-refractivity contribution in [1.29, 1.82) is 0 Å². The summed E-state index contributed by atoms with van der Waals surface area (Å²) in [6.45, 7) is 10.6. The van der Waals surface area contributed by atoms with Crippen molar-refractivity contribution < 1.29 is 0 Å². The van der Waals surface area contributed by atoms with Crippen molar-refractivity contribution in [2.24, 2.45) is 5.41 Å². The second kappa shape index (κ2) is 4.80. The lowest BCUT2D eigenvalue weighted by molar-refractivity contribution is 0.334. The van der Waals surface area contributed by atoms with Crippen molar-refractivity contribution >= 4 is 0 Å². The molecule has 0 saturated carbocycles. The lowest BCUT2D eigenvalue weighted by Gasteiger charge is -2.20. The molecule has 0 aromatic carbocycles. The molecule has 0 amide bonds. The van der Waals surface area contributed by atoms with Crippen LogP contribution in [0.4, 0.5) is 0 Å². The van der Waals surface area contributed by atoms with Gasteiger partial charge in [-0.1, -0.05) is 34.1 Å². The fourth-order valence-corrected chi connectivity index (χ4v) is 0.802. The quantitative estimate of drug-likeness (QED) is 0.625. The molecule has 0 aromatic heterocycles. The SMILES string of the molecule is N.[CH2]CC(C)(C)CCC. The topological polar surface area (TPSA) is 35.0 Å². The Bertz CT molecular complexity index is 57.6. The second-order valence-electron chi connectivity index (χ2n) is 3.16. The highest BCUT2D eigenvalue weighted by Crippen LogP contribution is 2.24. The fourth-order valence-electron chi connectivity index (χ4n) is 0.802. The molecule has 9 heavy (non-hydrogen) atoms. The van der Waals surface area contributed by atoms with Gasteiger partial charge in [-0.3, -0.25) is 0 Å². The molecule has 0 heterocycles. The number of rotatable bonds is 3. The summed E-state index contributed by atoms with van der Waals surface area (Å²) in [6, 6.07) is 0. The third kappa shape index (κ3) is 5.84. The highest BCUT2D eigenvalue weighted by Gasteiger charge is 2.11. The molecule has 0 fully saturated rings. The molecule has 0 aliphatic rings. The fraction of sp³-hybridized carbons (Fsp3) is 0.875. The van der Waals surface area contributed by atoms with Crippen LogP contribution in [0.5, 0.6) is 0 Å². The van der Waals surface area contributed by atoms with Gasteiger partial charge in [-0.2, -0.15) is 0 Å². The van der Waals surface area contributed by atoms with Crippen LogP contribution in [0.25, 0.3) is 0 Å². The van der Waals surface area contributed by atoms with Crippen LogP contribution in [0.1, 0.15) is 40.0 Å². The molecule has 0 bridgehead atoms. The van der Waals surface area contributed by atoms with E-state index in [2.05, 4.69) is 27.7 Å². The van der Waals surface area contributed by atoms with Crippen LogP contribution < -0.4 is 6.15 Å². The monoisotopic (exact) mass is 130 g/mol. The molecule has 0 aliphatic carbocycles. The number of hydrogen-bond donors (Lipinski definition) is 1. The Kier molecular flexibility index (Phi) is 6.25. The minimum Gasteiger partial charge on any atom is -0.344 e. The largest absolute Gasteiger partial charge is 0.344 e. The molecule has 0 aromatic rings. The van der Waals surface area contributed by atoms with Crippen LogP contribution in [0.2, 0.25) is 0 Å². The van der Waals surface area contributed by atoms with E-state index in [1.165, 1.54) is 12.8 Å². The lowest BCUT2D eigenvalue weighted by atomic mass is 9.86. The highest BCUT2D eigenvalue weighted by molar-refractivity contribution is 4.67. The van der Waals surface area contributed by atoms with Crippen molar-refractivity contribution in [2.75, 3.05) is 0 Å². The van der Waals surface area contributed by atoms with Gasteiger partial charge in [0.15, 0.2) is 0 Å². The van der Waals surface area contributed by atoms with E-state index in [1.54, 1.807) is 0 Å². The van der Waals surface area contributed by atoms with Crippen LogP contribution in [0.3, 0.4) is 0 Å². The summed E-state index contributed by atoms with van der Waals surface area (Å²) >= 11 is 0. The summed E-state index contributed by atoms with van der Waals surface area (Å²) in [5, 5.41) is 0.